The fraction of sp³-hybridized carbons (Fsp3) is 0.500. The average Bonchev–Trinajstić information content (AvgIpc) is 2.35. The van der Waals surface area contributed by atoms with Gasteiger partial charge in [0, 0.05) is 16.6 Å². The molecular weight excluding hydrogens is 230 g/mol. The Morgan fingerprint density at radius 3 is 2.59 bits per heavy atom. The summed E-state index contributed by atoms with van der Waals surface area (Å²) < 4.78 is 5.31. The van der Waals surface area contributed by atoms with Crippen LogP contribution in [0.25, 0.3) is 0 Å². The molecule has 0 spiro atoms. The summed E-state index contributed by atoms with van der Waals surface area (Å²) in [7, 11) is 1.67. The minimum atomic E-state index is 0.602. The van der Waals surface area contributed by atoms with Gasteiger partial charge in [-0.2, -0.15) is 17.0 Å². The van der Waals surface area contributed by atoms with Gasteiger partial charge in [-0.3, -0.25) is 0 Å². The molecule has 1 rings (SSSR count). The maximum atomic E-state index is 8.89. The lowest BCUT2D eigenvalue weighted by Crippen LogP contribution is -2.06. The summed E-state index contributed by atoms with van der Waals surface area (Å²) in [6.07, 6.45) is 0. The van der Waals surface area contributed by atoms with Crippen LogP contribution >= 0.6 is 11.8 Å². The van der Waals surface area contributed by atoms with Crippen molar-refractivity contribution in [3.05, 3.63) is 29.3 Å². The van der Waals surface area contributed by atoms with Crippen LogP contribution in [0.4, 0.5) is 0 Å². The molecule has 0 aromatic heterocycles. The van der Waals surface area contributed by atoms with Crippen LogP contribution in [0.1, 0.15) is 31.9 Å². The van der Waals surface area contributed by atoms with Crippen LogP contribution in [0.2, 0.25) is 0 Å². The summed E-state index contributed by atoms with van der Waals surface area (Å²) in [4.78, 5) is 0. The Balaban J connectivity index is 2.78. The maximum Gasteiger partial charge on any atom is 0.122 e. The Bertz CT molecular complexity index is 409. The number of benzene rings is 1. The molecule has 0 fully saturated rings. The third kappa shape index (κ3) is 3.98. The first-order valence-electron chi connectivity index (χ1n) is 5.77. The molecule has 0 aliphatic rings. The zero-order valence-electron chi connectivity index (χ0n) is 10.9. The molecule has 1 atom stereocenters. The van der Waals surface area contributed by atoms with Gasteiger partial charge in [-0.1, -0.05) is 20.8 Å². The molecule has 0 radical (unpaired) electrons. The van der Waals surface area contributed by atoms with Crippen molar-refractivity contribution in [2.45, 2.75) is 31.8 Å². The van der Waals surface area contributed by atoms with Crippen LogP contribution in [0.5, 0.6) is 5.75 Å². The summed E-state index contributed by atoms with van der Waals surface area (Å²) in [5, 5.41) is 9.50. The smallest absolute Gasteiger partial charge is 0.122 e. The standard InChI is InChI=1S/C14H19NOS/c1-10(2)11(3)17-9-13-7-12(8-15)5-6-14(13)16-4/h5-7,10-11H,9H2,1-4H3. The van der Waals surface area contributed by atoms with Crippen molar-refractivity contribution in [3.63, 3.8) is 0 Å². The van der Waals surface area contributed by atoms with E-state index in [1.54, 1.807) is 13.2 Å². The average molecular weight is 249 g/mol. The zero-order chi connectivity index (χ0) is 12.8. The summed E-state index contributed by atoms with van der Waals surface area (Å²) in [6, 6.07) is 7.74. The maximum absolute atomic E-state index is 8.89. The van der Waals surface area contributed by atoms with Gasteiger partial charge >= 0.3 is 0 Å². The molecule has 3 heteroatoms. The van der Waals surface area contributed by atoms with E-state index in [2.05, 4.69) is 26.8 Å². The fourth-order valence-electron chi connectivity index (χ4n) is 1.37. The van der Waals surface area contributed by atoms with E-state index in [0.29, 0.717) is 16.7 Å². The van der Waals surface area contributed by atoms with E-state index in [-0.39, 0.29) is 0 Å². The number of ether oxygens (including phenoxy) is 1. The SMILES string of the molecule is COc1ccc(C#N)cc1CSC(C)C(C)C. The highest BCUT2D eigenvalue weighted by Gasteiger charge is 2.10. The molecule has 17 heavy (non-hydrogen) atoms. The lowest BCUT2D eigenvalue weighted by Gasteiger charge is -2.16. The molecule has 0 bridgehead atoms. The van der Waals surface area contributed by atoms with Gasteiger partial charge in [0.2, 0.25) is 0 Å². The summed E-state index contributed by atoms with van der Waals surface area (Å²) in [5.74, 6) is 2.41. The Morgan fingerprint density at radius 2 is 2.06 bits per heavy atom. The Morgan fingerprint density at radius 1 is 1.35 bits per heavy atom. The molecule has 92 valence electrons. The molecule has 0 saturated carbocycles. The summed E-state index contributed by atoms with van der Waals surface area (Å²) in [5.41, 5.74) is 1.79. The molecular formula is C14H19NOS. The molecule has 1 aromatic carbocycles. The lowest BCUT2D eigenvalue weighted by molar-refractivity contribution is 0.411. The van der Waals surface area contributed by atoms with Gasteiger partial charge in [0.1, 0.15) is 5.75 Å². The highest BCUT2D eigenvalue weighted by molar-refractivity contribution is 7.99. The normalized spacial score (nSPS) is 12.2. The van der Waals surface area contributed by atoms with Crippen molar-refractivity contribution in [3.8, 4) is 11.8 Å². The van der Waals surface area contributed by atoms with Gasteiger partial charge in [-0.05, 0) is 24.1 Å². The lowest BCUT2D eigenvalue weighted by atomic mass is 10.1. The minimum Gasteiger partial charge on any atom is -0.496 e. The second kappa shape index (κ2) is 6.56. The highest BCUT2D eigenvalue weighted by Crippen LogP contribution is 2.28. The van der Waals surface area contributed by atoms with E-state index < -0.39 is 0 Å². The third-order valence-electron chi connectivity index (χ3n) is 2.85. The summed E-state index contributed by atoms with van der Waals surface area (Å²) >= 11 is 1.90. The van der Waals surface area contributed by atoms with E-state index in [1.165, 1.54) is 0 Å². The topological polar surface area (TPSA) is 33.0 Å². The molecule has 0 aliphatic heterocycles. The number of thioether (sulfide) groups is 1. The first-order valence-corrected chi connectivity index (χ1v) is 6.82. The van der Waals surface area contributed by atoms with E-state index in [4.69, 9.17) is 10.00 Å². The third-order valence-corrected chi connectivity index (χ3v) is 4.40. The number of hydrogen-bond donors (Lipinski definition) is 0. The van der Waals surface area contributed by atoms with Crippen molar-refractivity contribution in [1.82, 2.24) is 0 Å². The molecule has 0 heterocycles. The second-order valence-electron chi connectivity index (χ2n) is 4.40. The van der Waals surface area contributed by atoms with E-state index in [0.717, 1.165) is 17.1 Å². The first kappa shape index (κ1) is 13.9. The van der Waals surface area contributed by atoms with Gasteiger partial charge < -0.3 is 4.74 Å². The van der Waals surface area contributed by atoms with E-state index in [9.17, 15) is 0 Å². The molecule has 0 amide bonds. The Labute approximate surface area is 108 Å². The number of methoxy groups -OCH3 is 1. The predicted octanol–water partition coefficient (Wildman–Crippen LogP) is 3.84. The quantitative estimate of drug-likeness (QED) is 0.794. The largest absolute Gasteiger partial charge is 0.496 e. The predicted molar refractivity (Wildman–Crippen MR) is 73.3 cm³/mol. The zero-order valence-corrected chi connectivity index (χ0v) is 11.7. The van der Waals surface area contributed by atoms with Gasteiger partial charge in [0.15, 0.2) is 0 Å². The molecule has 0 aliphatic carbocycles. The van der Waals surface area contributed by atoms with Gasteiger partial charge in [0.25, 0.3) is 0 Å². The molecule has 1 unspecified atom stereocenters. The van der Waals surface area contributed by atoms with Crippen molar-refractivity contribution >= 4 is 11.8 Å². The summed E-state index contributed by atoms with van der Waals surface area (Å²) in [6.45, 7) is 6.68. The molecule has 0 saturated heterocycles. The van der Waals surface area contributed by atoms with Crippen LogP contribution in [0, 0.1) is 17.2 Å². The van der Waals surface area contributed by atoms with Crippen LogP contribution < -0.4 is 4.74 Å². The Hall–Kier alpha value is -1.14. The fourth-order valence-corrected chi connectivity index (χ4v) is 2.43. The van der Waals surface area contributed by atoms with Gasteiger partial charge in [0.05, 0.1) is 18.7 Å². The number of rotatable bonds is 5. The van der Waals surface area contributed by atoms with Crippen LogP contribution in [0.15, 0.2) is 18.2 Å². The monoisotopic (exact) mass is 249 g/mol. The van der Waals surface area contributed by atoms with Crippen molar-refractivity contribution in [2.24, 2.45) is 5.92 Å². The molecule has 0 N–H and O–H groups in total. The van der Waals surface area contributed by atoms with Crippen LogP contribution in [-0.4, -0.2) is 12.4 Å². The van der Waals surface area contributed by atoms with Gasteiger partial charge in [-0.15, -0.1) is 0 Å². The number of hydrogen-bond acceptors (Lipinski definition) is 3. The molecule has 2 nitrogen and oxygen atoms in total. The number of nitrogens with zero attached hydrogens (tertiary/aromatic N) is 1. The minimum absolute atomic E-state index is 0.602. The number of nitriles is 1. The highest BCUT2D eigenvalue weighted by atomic mass is 32.2. The van der Waals surface area contributed by atoms with E-state index in [1.807, 2.05) is 23.9 Å². The van der Waals surface area contributed by atoms with Crippen LogP contribution in [0.3, 0.4) is 0 Å². The van der Waals surface area contributed by atoms with Crippen molar-refractivity contribution < 1.29 is 4.74 Å². The van der Waals surface area contributed by atoms with Crippen molar-refractivity contribution in [2.75, 3.05) is 7.11 Å². The molecule has 1 aromatic rings. The first-order chi connectivity index (χ1) is 8.08. The van der Waals surface area contributed by atoms with E-state index >= 15 is 0 Å². The Kier molecular flexibility index (Phi) is 5.37. The van der Waals surface area contributed by atoms with Crippen molar-refractivity contribution in [1.29, 1.82) is 5.26 Å². The second-order valence-corrected chi connectivity index (χ2v) is 5.76. The van der Waals surface area contributed by atoms with Gasteiger partial charge in [-0.25, -0.2) is 0 Å². The van der Waals surface area contributed by atoms with Crippen LogP contribution in [-0.2, 0) is 5.75 Å².